The van der Waals surface area contributed by atoms with Gasteiger partial charge in [0.1, 0.15) is 0 Å². The summed E-state index contributed by atoms with van der Waals surface area (Å²) in [5, 5.41) is 0. The molecule has 0 saturated carbocycles. The molecule has 1 saturated heterocycles. The van der Waals surface area contributed by atoms with Crippen molar-refractivity contribution >= 4 is 5.91 Å². The van der Waals surface area contributed by atoms with E-state index in [-0.39, 0.29) is 5.91 Å². The van der Waals surface area contributed by atoms with Crippen LogP contribution in [0.1, 0.15) is 40.0 Å². The van der Waals surface area contributed by atoms with Crippen LogP contribution in [-0.2, 0) is 4.79 Å². The normalized spacial score (nSPS) is 24.2. The molecule has 1 heterocycles. The molecule has 1 rings (SSSR count). The average molecular weight is 267 g/mol. The summed E-state index contributed by atoms with van der Waals surface area (Å²) in [4.78, 5) is 16.5. The van der Waals surface area contributed by atoms with Gasteiger partial charge in [-0.3, -0.25) is 9.69 Å². The van der Waals surface area contributed by atoms with Crippen LogP contribution in [0.15, 0.2) is 12.2 Å². The highest BCUT2D eigenvalue weighted by Gasteiger charge is 2.29. The van der Waals surface area contributed by atoms with E-state index in [0.717, 1.165) is 25.0 Å². The third-order valence-electron chi connectivity index (χ3n) is 3.98. The summed E-state index contributed by atoms with van der Waals surface area (Å²) in [6.07, 6.45) is 3.49. The minimum absolute atomic E-state index is 0.192. The number of likely N-dealkylation sites (tertiary alicyclic amines) is 1. The van der Waals surface area contributed by atoms with E-state index in [9.17, 15) is 4.79 Å². The van der Waals surface area contributed by atoms with Gasteiger partial charge in [-0.25, -0.2) is 0 Å². The Morgan fingerprint density at radius 2 is 2.16 bits per heavy atom. The lowest BCUT2D eigenvalue weighted by Gasteiger charge is -2.40. The molecule has 19 heavy (non-hydrogen) atoms. The Balaban J connectivity index is 2.63. The van der Waals surface area contributed by atoms with E-state index in [4.69, 9.17) is 5.73 Å². The Bertz CT molecular complexity index is 317. The Morgan fingerprint density at radius 3 is 2.68 bits per heavy atom. The highest BCUT2D eigenvalue weighted by Crippen LogP contribution is 2.22. The fraction of sp³-hybridized carbons (Fsp3) is 0.800. The van der Waals surface area contributed by atoms with E-state index in [2.05, 4.69) is 18.4 Å². The zero-order chi connectivity index (χ0) is 14.4. The van der Waals surface area contributed by atoms with Crippen molar-refractivity contribution in [3.63, 3.8) is 0 Å². The SMILES string of the molecule is C=C(C)CN(CC)C(=O)CN1C(C)CCCC1CN. The number of amides is 1. The summed E-state index contributed by atoms with van der Waals surface area (Å²) >= 11 is 0. The largest absolute Gasteiger partial charge is 0.338 e. The monoisotopic (exact) mass is 267 g/mol. The molecule has 110 valence electrons. The van der Waals surface area contributed by atoms with Crippen LogP contribution in [0.4, 0.5) is 0 Å². The summed E-state index contributed by atoms with van der Waals surface area (Å²) in [5.41, 5.74) is 6.87. The molecule has 2 unspecified atom stereocenters. The van der Waals surface area contributed by atoms with Crippen molar-refractivity contribution in [2.45, 2.75) is 52.1 Å². The number of nitrogens with zero attached hydrogens (tertiary/aromatic N) is 2. The lowest BCUT2D eigenvalue weighted by atomic mass is 9.96. The summed E-state index contributed by atoms with van der Waals surface area (Å²) < 4.78 is 0. The second kappa shape index (κ2) is 7.65. The fourth-order valence-electron chi connectivity index (χ4n) is 2.84. The molecule has 1 fully saturated rings. The van der Waals surface area contributed by atoms with Crippen LogP contribution in [0.3, 0.4) is 0 Å². The summed E-state index contributed by atoms with van der Waals surface area (Å²) in [5.74, 6) is 0.192. The van der Waals surface area contributed by atoms with Gasteiger partial charge in [-0.2, -0.15) is 0 Å². The first-order valence-electron chi connectivity index (χ1n) is 7.37. The summed E-state index contributed by atoms with van der Waals surface area (Å²) in [6, 6.07) is 0.811. The van der Waals surface area contributed by atoms with E-state index in [1.807, 2.05) is 18.7 Å². The van der Waals surface area contributed by atoms with E-state index in [1.54, 1.807) is 0 Å². The lowest BCUT2D eigenvalue weighted by molar-refractivity contribution is -0.133. The zero-order valence-electron chi connectivity index (χ0n) is 12.7. The molecule has 0 aromatic carbocycles. The van der Waals surface area contributed by atoms with E-state index >= 15 is 0 Å². The van der Waals surface area contributed by atoms with Crippen LogP contribution in [0.25, 0.3) is 0 Å². The van der Waals surface area contributed by atoms with Gasteiger partial charge in [0.25, 0.3) is 0 Å². The topological polar surface area (TPSA) is 49.6 Å². The number of likely N-dealkylation sites (N-methyl/N-ethyl adjacent to an activating group) is 1. The molecule has 1 aliphatic rings. The third kappa shape index (κ3) is 4.62. The Kier molecular flexibility index (Phi) is 6.52. The summed E-state index contributed by atoms with van der Waals surface area (Å²) in [7, 11) is 0. The molecule has 0 bridgehead atoms. The van der Waals surface area contributed by atoms with Gasteiger partial charge in [0.05, 0.1) is 6.54 Å². The molecular formula is C15H29N3O. The van der Waals surface area contributed by atoms with Gasteiger partial charge >= 0.3 is 0 Å². The predicted molar refractivity (Wildman–Crippen MR) is 79.9 cm³/mol. The molecule has 0 aliphatic carbocycles. The van der Waals surface area contributed by atoms with E-state index < -0.39 is 0 Å². The molecule has 0 radical (unpaired) electrons. The highest BCUT2D eigenvalue weighted by atomic mass is 16.2. The maximum Gasteiger partial charge on any atom is 0.237 e. The van der Waals surface area contributed by atoms with Crippen LogP contribution in [0.5, 0.6) is 0 Å². The standard InChI is InChI=1S/C15H29N3O/c1-5-17(10-12(2)3)15(19)11-18-13(4)7-6-8-14(18)9-16/h13-14H,2,5-11,16H2,1,3-4H3. The van der Waals surface area contributed by atoms with Crippen LogP contribution >= 0.6 is 0 Å². The second-order valence-electron chi connectivity index (χ2n) is 5.71. The van der Waals surface area contributed by atoms with E-state index in [0.29, 0.717) is 31.7 Å². The minimum atomic E-state index is 0.192. The number of rotatable bonds is 6. The second-order valence-corrected chi connectivity index (χ2v) is 5.71. The van der Waals surface area contributed by atoms with Crippen molar-refractivity contribution in [3.8, 4) is 0 Å². The highest BCUT2D eigenvalue weighted by molar-refractivity contribution is 5.78. The first kappa shape index (κ1) is 16.2. The molecule has 1 aliphatic heterocycles. The number of nitrogens with two attached hydrogens (primary N) is 1. The van der Waals surface area contributed by atoms with E-state index in [1.165, 1.54) is 6.42 Å². The van der Waals surface area contributed by atoms with Crippen molar-refractivity contribution in [2.24, 2.45) is 5.73 Å². The van der Waals surface area contributed by atoms with Crippen molar-refractivity contribution in [3.05, 3.63) is 12.2 Å². The molecule has 2 atom stereocenters. The molecular weight excluding hydrogens is 238 g/mol. The van der Waals surface area contributed by atoms with Crippen molar-refractivity contribution in [2.75, 3.05) is 26.2 Å². The van der Waals surface area contributed by atoms with Crippen LogP contribution in [0.2, 0.25) is 0 Å². The van der Waals surface area contributed by atoms with Gasteiger partial charge in [-0.1, -0.05) is 18.6 Å². The van der Waals surface area contributed by atoms with Crippen LogP contribution in [0, 0.1) is 0 Å². The fourth-order valence-corrected chi connectivity index (χ4v) is 2.84. The Morgan fingerprint density at radius 1 is 1.47 bits per heavy atom. The first-order valence-corrected chi connectivity index (χ1v) is 7.37. The molecule has 2 N–H and O–H groups in total. The number of carbonyl (C=O) groups is 1. The van der Waals surface area contributed by atoms with Crippen LogP contribution < -0.4 is 5.73 Å². The number of hydrogen-bond acceptors (Lipinski definition) is 3. The number of hydrogen-bond donors (Lipinski definition) is 1. The lowest BCUT2D eigenvalue weighted by Crippen LogP contribution is -2.53. The third-order valence-corrected chi connectivity index (χ3v) is 3.98. The van der Waals surface area contributed by atoms with Gasteiger partial charge in [0.2, 0.25) is 5.91 Å². The van der Waals surface area contributed by atoms with Gasteiger partial charge < -0.3 is 10.6 Å². The molecule has 4 heteroatoms. The Labute approximate surface area is 117 Å². The summed E-state index contributed by atoms with van der Waals surface area (Å²) in [6.45, 7) is 12.6. The molecule has 1 amide bonds. The van der Waals surface area contributed by atoms with Gasteiger partial charge in [-0.15, -0.1) is 0 Å². The quantitative estimate of drug-likeness (QED) is 0.744. The zero-order valence-corrected chi connectivity index (χ0v) is 12.7. The van der Waals surface area contributed by atoms with Gasteiger partial charge in [0, 0.05) is 31.7 Å². The molecule has 0 aromatic heterocycles. The number of carbonyl (C=O) groups excluding carboxylic acids is 1. The molecule has 4 nitrogen and oxygen atoms in total. The van der Waals surface area contributed by atoms with Crippen molar-refractivity contribution in [1.29, 1.82) is 0 Å². The van der Waals surface area contributed by atoms with Gasteiger partial charge in [0.15, 0.2) is 0 Å². The van der Waals surface area contributed by atoms with Crippen molar-refractivity contribution < 1.29 is 4.79 Å². The Hall–Kier alpha value is -0.870. The smallest absolute Gasteiger partial charge is 0.237 e. The first-order chi connectivity index (χ1) is 8.99. The van der Waals surface area contributed by atoms with Crippen molar-refractivity contribution in [1.82, 2.24) is 9.80 Å². The van der Waals surface area contributed by atoms with Gasteiger partial charge in [-0.05, 0) is 33.6 Å². The maximum absolute atomic E-state index is 12.4. The maximum atomic E-state index is 12.4. The predicted octanol–water partition coefficient (Wildman–Crippen LogP) is 1.61. The number of piperidine rings is 1. The minimum Gasteiger partial charge on any atom is -0.338 e. The van der Waals surface area contributed by atoms with Crippen LogP contribution in [-0.4, -0.2) is 54.0 Å². The average Bonchev–Trinajstić information content (AvgIpc) is 2.37. The molecule has 0 aromatic rings. The molecule has 0 spiro atoms.